The van der Waals surface area contributed by atoms with Crippen LogP contribution in [0, 0.1) is 0 Å². The Balaban J connectivity index is 1.52. The van der Waals surface area contributed by atoms with Crippen LogP contribution in [0.25, 0.3) is 0 Å². The van der Waals surface area contributed by atoms with Crippen LogP contribution in [0.5, 0.6) is 11.5 Å². The third-order valence-electron chi connectivity index (χ3n) is 6.17. The van der Waals surface area contributed by atoms with Crippen molar-refractivity contribution >= 4 is 0 Å². The first-order chi connectivity index (χ1) is 15.8. The predicted molar refractivity (Wildman–Crippen MR) is 131 cm³/mol. The zero-order valence-electron chi connectivity index (χ0n) is 19.4. The highest BCUT2D eigenvalue weighted by atomic mass is 16.5. The smallest absolute Gasteiger partial charge is 0.165 e. The van der Waals surface area contributed by atoms with Crippen LogP contribution in [-0.2, 0) is 19.6 Å². The van der Waals surface area contributed by atoms with Crippen LogP contribution >= 0.6 is 0 Å². The van der Waals surface area contributed by atoms with Crippen LogP contribution in [-0.4, -0.2) is 24.5 Å². The third kappa shape index (κ3) is 5.52. The Morgan fingerprint density at radius 3 is 1.94 bits per heavy atom. The van der Waals surface area contributed by atoms with Gasteiger partial charge < -0.3 is 14.4 Å². The average Bonchev–Trinajstić information content (AvgIpc) is 2.82. The number of benzene rings is 3. The molecule has 0 amide bonds. The lowest BCUT2D eigenvalue weighted by Gasteiger charge is -2.36. The summed E-state index contributed by atoms with van der Waals surface area (Å²) in [5.74, 6) is 2.36. The monoisotopic (exact) mass is 429 g/mol. The topological polar surface area (TPSA) is 21.7 Å². The molecule has 0 heterocycles. The van der Waals surface area contributed by atoms with Crippen LogP contribution in [0.3, 0.4) is 0 Å². The highest BCUT2D eigenvalue weighted by Gasteiger charge is 2.32. The molecule has 0 fully saturated rings. The standard InChI is InChI=1S/C29H35NO2/c1-3-17-30(18-4-2)20-25-19-27-26(25)15-16-28(31-21-23-11-7-5-8-12-23)29(27)32-22-24-13-9-6-10-14-24/h5-16,25H,3-4,17-22H2,1-2H3. The molecule has 1 atom stereocenters. The lowest BCUT2D eigenvalue weighted by Crippen LogP contribution is -2.34. The zero-order valence-corrected chi connectivity index (χ0v) is 19.4. The van der Waals surface area contributed by atoms with Crippen molar-refractivity contribution in [2.45, 2.75) is 52.2 Å². The van der Waals surface area contributed by atoms with E-state index in [1.54, 1.807) is 0 Å². The molecule has 1 aliphatic carbocycles. The van der Waals surface area contributed by atoms with Gasteiger partial charge in [-0.1, -0.05) is 80.6 Å². The molecule has 3 aromatic carbocycles. The van der Waals surface area contributed by atoms with Crippen LogP contribution < -0.4 is 9.47 Å². The van der Waals surface area contributed by atoms with E-state index in [0.29, 0.717) is 19.1 Å². The second-order valence-corrected chi connectivity index (χ2v) is 8.71. The first kappa shape index (κ1) is 22.4. The van der Waals surface area contributed by atoms with Crippen molar-refractivity contribution < 1.29 is 9.47 Å². The van der Waals surface area contributed by atoms with Gasteiger partial charge in [-0.05, 0) is 55.1 Å². The van der Waals surface area contributed by atoms with E-state index in [9.17, 15) is 0 Å². The Morgan fingerprint density at radius 1 is 0.750 bits per heavy atom. The van der Waals surface area contributed by atoms with Crippen LogP contribution in [0.1, 0.15) is 54.9 Å². The quantitative estimate of drug-likeness (QED) is 0.323. The summed E-state index contributed by atoms with van der Waals surface area (Å²) in [4.78, 5) is 2.61. The summed E-state index contributed by atoms with van der Waals surface area (Å²) in [6, 6.07) is 25.0. The SMILES string of the molecule is CCCN(CCC)CC1Cc2c1ccc(OCc1ccccc1)c2OCc1ccccc1. The summed E-state index contributed by atoms with van der Waals surface area (Å²) in [5.41, 5.74) is 5.09. The molecule has 32 heavy (non-hydrogen) atoms. The molecule has 0 bridgehead atoms. The highest BCUT2D eigenvalue weighted by molar-refractivity contribution is 5.57. The van der Waals surface area contributed by atoms with Crippen molar-refractivity contribution in [2.24, 2.45) is 0 Å². The molecule has 1 unspecified atom stereocenters. The van der Waals surface area contributed by atoms with Gasteiger partial charge in [0.25, 0.3) is 0 Å². The normalized spacial score (nSPS) is 14.7. The largest absolute Gasteiger partial charge is 0.485 e. The Hall–Kier alpha value is -2.78. The van der Waals surface area contributed by atoms with Gasteiger partial charge >= 0.3 is 0 Å². The van der Waals surface area contributed by atoms with E-state index in [0.717, 1.165) is 30.0 Å². The van der Waals surface area contributed by atoms with Crippen molar-refractivity contribution in [2.75, 3.05) is 19.6 Å². The summed E-state index contributed by atoms with van der Waals surface area (Å²) in [6.07, 6.45) is 3.47. The van der Waals surface area contributed by atoms with Crippen molar-refractivity contribution in [3.63, 3.8) is 0 Å². The molecule has 0 aliphatic heterocycles. The van der Waals surface area contributed by atoms with E-state index in [-0.39, 0.29) is 0 Å². The van der Waals surface area contributed by atoms with Gasteiger partial charge in [0.05, 0.1) is 0 Å². The van der Waals surface area contributed by atoms with Crippen LogP contribution in [0.15, 0.2) is 72.8 Å². The lowest BCUT2D eigenvalue weighted by molar-refractivity contribution is 0.234. The minimum atomic E-state index is 0.547. The second-order valence-electron chi connectivity index (χ2n) is 8.71. The van der Waals surface area contributed by atoms with Gasteiger partial charge in [-0.15, -0.1) is 0 Å². The predicted octanol–water partition coefficient (Wildman–Crippen LogP) is 6.61. The van der Waals surface area contributed by atoms with E-state index < -0.39 is 0 Å². The number of ether oxygens (including phenoxy) is 2. The second kappa shape index (κ2) is 11.2. The molecule has 0 radical (unpaired) electrons. The maximum atomic E-state index is 6.38. The Labute approximate surface area is 193 Å². The number of fused-ring (bicyclic) bond motifs is 1. The van der Waals surface area contributed by atoms with Crippen LogP contribution in [0.4, 0.5) is 0 Å². The zero-order chi connectivity index (χ0) is 22.2. The van der Waals surface area contributed by atoms with E-state index in [1.165, 1.54) is 42.6 Å². The molecular formula is C29H35NO2. The minimum absolute atomic E-state index is 0.547. The molecule has 0 N–H and O–H groups in total. The van der Waals surface area contributed by atoms with Gasteiger partial charge in [0.15, 0.2) is 11.5 Å². The average molecular weight is 430 g/mol. The Morgan fingerprint density at radius 2 is 1.34 bits per heavy atom. The maximum absolute atomic E-state index is 6.38. The van der Waals surface area contributed by atoms with Gasteiger partial charge in [-0.3, -0.25) is 0 Å². The van der Waals surface area contributed by atoms with E-state index in [1.807, 2.05) is 24.3 Å². The first-order valence-electron chi connectivity index (χ1n) is 12.0. The molecule has 3 nitrogen and oxygen atoms in total. The summed E-state index contributed by atoms with van der Waals surface area (Å²) >= 11 is 0. The van der Waals surface area contributed by atoms with E-state index >= 15 is 0 Å². The fraction of sp³-hybridized carbons (Fsp3) is 0.379. The highest BCUT2D eigenvalue weighted by Crippen LogP contribution is 2.46. The van der Waals surface area contributed by atoms with Crippen molar-refractivity contribution in [1.82, 2.24) is 4.90 Å². The molecule has 168 valence electrons. The summed E-state index contributed by atoms with van der Waals surface area (Å²) in [5, 5.41) is 0. The molecule has 3 heteroatoms. The van der Waals surface area contributed by atoms with Gasteiger partial charge in [-0.2, -0.15) is 0 Å². The van der Waals surface area contributed by atoms with Gasteiger partial charge in [0.1, 0.15) is 13.2 Å². The minimum Gasteiger partial charge on any atom is -0.485 e. The molecule has 0 saturated heterocycles. The number of hydrogen-bond donors (Lipinski definition) is 0. The summed E-state index contributed by atoms with van der Waals surface area (Å²) in [6.45, 7) is 9.13. The van der Waals surface area contributed by atoms with Crippen LogP contribution in [0.2, 0.25) is 0 Å². The van der Waals surface area contributed by atoms with Gasteiger partial charge in [0.2, 0.25) is 0 Å². The lowest BCUT2D eigenvalue weighted by atomic mass is 9.76. The Bertz CT molecular complexity index is 965. The maximum Gasteiger partial charge on any atom is 0.165 e. The fourth-order valence-electron chi connectivity index (χ4n) is 4.58. The number of nitrogens with zero attached hydrogens (tertiary/aromatic N) is 1. The molecule has 0 spiro atoms. The molecule has 0 aromatic heterocycles. The fourth-order valence-corrected chi connectivity index (χ4v) is 4.58. The van der Waals surface area contributed by atoms with Gasteiger partial charge in [-0.25, -0.2) is 0 Å². The van der Waals surface area contributed by atoms with E-state index in [2.05, 4.69) is 67.3 Å². The van der Waals surface area contributed by atoms with E-state index in [4.69, 9.17) is 9.47 Å². The third-order valence-corrected chi connectivity index (χ3v) is 6.17. The Kier molecular flexibility index (Phi) is 7.84. The molecular weight excluding hydrogens is 394 g/mol. The first-order valence-corrected chi connectivity index (χ1v) is 12.0. The molecule has 0 saturated carbocycles. The number of hydrogen-bond acceptors (Lipinski definition) is 3. The summed E-state index contributed by atoms with van der Waals surface area (Å²) < 4.78 is 12.6. The van der Waals surface area contributed by atoms with Gasteiger partial charge in [0, 0.05) is 18.0 Å². The summed E-state index contributed by atoms with van der Waals surface area (Å²) in [7, 11) is 0. The van der Waals surface area contributed by atoms with Crippen molar-refractivity contribution in [1.29, 1.82) is 0 Å². The number of rotatable bonds is 12. The molecule has 4 rings (SSSR count). The van der Waals surface area contributed by atoms with Crippen molar-refractivity contribution in [3.05, 3.63) is 95.1 Å². The van der Waals surface area contributed by atoms with Crippen molar-refractivity contribution in [3.8, 4) is 11.5 Å². The molecule has 1 aliphatic rings. The molecule has 3 aromatic rings.